The summed E-state index contributed by atoms with van der Waals surface area (Å²) in [7, 11) is 0. The first-order valence-corrected chi connectivity index (χ1v) is 8.19. The Morgan fingerprint density at radius 3 is 2.58 bits per heavy atom. The van der Waals surface area contributed by atoms with Crippen molar-refractivity contribution >= 4 is 10.9 Å². The second-order valence-electron chi connectivity index (χ2n) is 5.97. The molecule has 3 aromatic rings. The molecule has 0 aliphatic carbocycles. The van der Waals surface area contributed by atoms with E-state index in [1.165, 1.54) is 0 Å². The lowest BCUT2D eigenvalue weighted by atomic mass is 10.1. The first kappa shape index (κ1) is 15.1. The van der Waals surface area contributed by atoms with Crippen LogP contribution < -0.4 is 5.56 Å². The van der Waals surface area contributed by atoms with Gasteiger partial charge in [0.25, 0.3) is 5.56 Å². The molecule has 0 spiro atoms. The molecule has 1 aliphatic rings. The highest BCUT2D eigenvalue weighted by atomic mass is 16.6. The smallest absolute Gasteiger partial charge is 0.257 e. The summed E-state index contributed by atoms with van der Waals surface area (Å²) in [6.07, 6.45) is -0.294. The van der Waals surface area contributed by atoms with Crippen LogP contribution in [0.4, 0.5) is 0 Å². The molecule has 2 aromatic carbocycles. The van der Waals surface area contributed by atoms with Crippen LogP contribution in [-0.2, 0) is 16.0 Å². The van der Waals surface area contributed by atoms with Crippen LogP contribution in [0.25, 0.3) is 10.9 Å². The molecule has 1 unspecified atom stereocenters. The van der Waals surface area contributed by atoms with Gasteiger partial charge in [-0.3, -0.25) is 4.79 Å². The predicted molar refractivity (Wildman–Crippen MR) is 93.3 cm³/mol. The van der Waals surface area contributed by atoms with Gasteiger partial charge >= 0.3 is 0 Å². The Morgan fingerprint density at radius 2 is 1.79 bits per heavy atom. The molecule has 0 amide bonds. The molecule has 1 fully saturated rings. The normalized spacial score (nSPS) is 17.9. The van der Waals surface area contributed by atoms with Crippen molar-refractivity contribution in [3.05, 3.63) is 82.1 Å². The van der Waals surface area contributed by atoms with E-state index in [-0.39, 0.29) is 11.7 Å². The van der Waals surface area contributed by atoms with Crippen LogP contribution in [0.5, 0.6) is 0 Å². The lowest BCUT2D eigenvalue weighted by molar-refractivity contribution is -0.0907. The number of nitrogens with zero attached hydrogens (tertiary/aromatic N) is 1. The molecule has 1 aliphatic heterocycles. The minimum atomic E-state index is -0.294. The van der Waals surface area contributed by atoms with E-state index in [9.17, 15) is 4.79 Å². The third-order valence-corrected chi connectivity index (χ3v) is 4.38. The van der Waals surface area contributed by atoms with Gasteiger partial charge in [0.05, 0.1) is 31.9 Å². The standard InChI is InChI=1S/C20H19NO3/c22-20-17(19-14-23-10-11-24-19)12-16-8-4-5-9-18(16)21(20)13-15-6-2-1-3-7-15/h1-9,12,19H,10-11,13-14H2. The average Bonchev–Trinajstić information content (AvgIpc) is 2.65. The first-order chi connectivity index (χ1) is 11.8. The third-order valence-electron chi connectivity index (χ3n) is 4.38. The maximum atomic E-state index is 13.1. The maximum absolute atomic E-state index is 13.1. The van der Waals surface area contributed by atoms with E-state index in [2.05, 4.69) is 0 Å². The van der Waals surface area contributed by atoms with E-state index >= 15 is 0 Å². The zero-order valence-corrected chi connectivity index (χ0v) is 13.4. The lowest BCUT2D eigenvalue weighted by Gasteiger charge is -2.24. The molecule has 4 rings (SSSR count). The molecule has 1 aromatic heterocycles. The molecule has 0 radical (unpaired) electrons. The van der Waals surface area contributed by atoms with Crippen molar-refractivity contribution in [3.63, 3.8) is 0 Å². The highest BCUT2D eigenvalue weighted by molar-refractivity contribution is 5.79. The van der Waals surface area contributed by atoms with Crippen LogP contribution in [0.1, 0.15) is 17.2 Å². The van der Waals surface area contributed by atoms with Crippen LogP contribution in [0.2, 0.25) is 0 Å². The largest absolute Gasteiger partial charge is 0.376 e. The zero-order valence-electron chi connectivity index (χ0n) is 13.4. The van der Waals surface area contributed by atoms with Gasteiger partial charge in [0, 0.05) is 5.56 Å². The molecular weight excluding hydrogens is 302 g/mol. The number of fused-ring (bicyclic) bond motifs is 1. The fraction of sp³-hybridized carbons (Fsp3) is 0.250. The summed E-state index contributed by atoms with van der Waals surface area (Å²) in [5.41, 5.74) is 2.70. The van der Waals surface area contributed by atoms with Crippen molar-refractivity contribution in [2.75, 3.05) is 19.8 Å². The molecular formula is C20H19NO3. The minimum Gasteiger partial charge on any atom is -0.376 e. The first-order valence-electron chi connectivity index (χ1n) is 8.19. The van der Waals surface area contributed by atoms with Gasteiger partial charge in [-0.1, -0.05) is 48.5 Å². The van der Waals surface area contributed by atoms with E-state index in [1.807, 2.05) is 65.2 Å². The molecule has 2 heterocycles. The van der Waals surface area contributed by atoms with E-state index in [1.54, 1.807) is 0 Å². The summed E-state index contributed by atoms with van der Waals surface area (Å²) < 4.78 is 13.1. The number of pyridine rings is 1. The number of para-hydroxylation sites is 1. The SMILES string of the molecule is O=c1c(C2COCCO2)cc2ccccc2n1Cc1ccccc1. The van der Waals surface area contributed by atoms with Crippen LogP contribution >= 0.6 is 0 Å². The maximum Gasteiger partial charge on any atom is 0.257 e. The summed E-state index contributed by atoms with van der Waals surface area (Å²) in [6, 6.07) is 19.9. The van der Waals surface area contributed by atoms with E-state index in [0.717, 1.165) is 16.5 Å². The number of benzene rings is 2. The highest BCUT2D eigenvalue weighted by Gasteiger charge is 2.22. The molecule has 122 valence electrons. The van der Waals surface area contributed by atoms with Crippen molar-refractivity contribution < 1.29 is 9.47 Å². The summed E-state index contributed by atoms with van der Waals surface area (Å²) >= 11 is 0. The fourth-order valence-corrected chi connectivity index (χ4v) is 3.17. The van der Waals surface area contributed by atoms with Gasteiger partial charge in [0.15, 0.2) is 0 Å². The highest BCUT2D eigenvalue weighted by Crippen LogP contribution is 2.22. The molecule has 4 heteroatoms. The lowest BCUT2D eigenvalue weighted by Crippen LogP contribution is -2.31. The Hall–Kier alpha value is -2.43. The molecule has 1 atom stereocenters. The van der Waals surface area contributed by atoms with Gasteiger partial charge in [0.2, 0.25) is 0 Å². The van der Waals surface area contributed by atoms with Crippen molar-refractivity contribution in [2.24, 2.45) is 0 Å². The Balaban J connectivity index is 1.86. The second kappa shape index (κ2) is 6.59. The number of ether oxygens (including phenoxy) is 2. The summed E-state index contributed by atoms with van der Waals surface area (Å²) in [6.45, 7) is 2.08. The topological polar surface area (TPSA) is 40.5 Å². The van der Waals surface area contributed by atoms with Gasteiger partial charge in [-0.2, -0.15) is 0 Å². The number of hydrogen-bond acceptors (Lipinski definition) is 3. The monoisotopic (exact) mass is 321 g/mol. The summed E-state index contributed by atoms with van der Waals surface area (Å²) in [5, 5.41) is 1.04. The van der Waals surface area contributed by atoms with Gasteiger partial charge in [-0.05, 0) is 23.1 Å². The van der Waals surface area contributed by atoms with Crippen molar-refractivity contribution in [2.45, 2.75) is 12.6 Å². The second-order valence-corrected chi connectivity index (χ2v) is 5.97. The number of aromatic nitrogens is 1. The van der Waals surface area contributed by atoms with Crippen molar-refractivity contribution in [1.29, 1.82) is 0 Å². The zero-order chi connectivity index (χ0) is 16.4. The Kier molecular flexibility index (Phi) is 4.15. The van der Waals surface area contributed by atoms with Gasteiger partial charge in [-0.25, -0.2) is 0 Å². The fourth-order valence-electron chi connectivity index (χ4n) is 3.17. The van der Waals surface area contributed by atoms with Crippen LogP contribution in [0.15, 0.2) is 65.5 Å². The average molecular weight is 321 g/mol. The Labute approximate surface area is 140 Å². The number of rotatable bonds is 3. The molecule has 0 bridgehead atoms. The minimum absolute atomic E-state index is 0.00643. The van der Waals surface area contributed by atoms with Gasteiger partial charge < -0.3 is 14.0 Å². The van der Waals surface area contributed by atoms with Gasteiger partial charge in [0.1, 0.15) is 6.10 Å². The summed E-state index contributed by atoms with van der Waals surface area (Å²) in [4.78, 5) is 13.1. The Morgan fingerprint density at radius 1 is 1.00 bits per heavy atom. The van der Waals surface area contributed by atoms with Crippen molar-refractivity contribution in [1.82, 2.24) is 4.57 Å². The molecule has 0 N–H and O–H groups in total. The van der Waals surface area contributed by atoms with E-state index in [0.29, 0.717) is 31.9 Å². The molecule has 24 heavy (non-hydrogen) atoms. The molecule has 1 saturated heterocycles. The van der Waals surface area contributed by atoms with E-state index < -0.39 is 0 Å². The van der Waals surface area contributed by atoms with Crippen LogP contribution in [0.3, 0.4) is 0 Å². The van der Waals surface area contributed by atoms with Gasteiger partial charge in [-0.15, -0.1) is 0 Å². The summed E-state index contributed by atoms with van der Waals surface area (Å²) in [5.74, 6) is 0. The molecule has 0 saturated carbocycles. The third kappa shape index (κ3) is 2.86. The predicted octanol–water partition coefficient (Wildman–Crippen LogP) is 3.14. The Bertz CT molecular complexity index is 896. The quantitative estimate of drug-likeness (QED) is 0.744. The molecule has 4 nitrogen and oxygen atoms in total. The van der Waals surface area contributed by atoms with Crippen LogP contribution in [-0.4, -0.2) is 24.4 Å². The van der Waals surface area contributed by atoms with E-state index in [4.69, 9.17) is 9.47 Å². The van der Waals surface area contributed by atoms with Crippen molar-refractivity contribution in [3.8, 4) is 0 Å². The van der Waals surface area contributed by atoms with Crippen LogP contribution in [0, 0.1) is 0 Å². The number of hydrogen-bond donors (Lipinski definition) is 0.